The molecule has 3 saturated heterocycles. The molecule has 3 radical (unpaired) electrons. The average Bonchev–Trinajstić information content (AvgIpc) is 2.97. The van der Waals surface area contributed by atoms with E-state index in [4.69, 9.17) is 25.2 Å². The minimum atomic E-state index is -0.639. The Hall–Kier alpha value is -0.815. The van der Waals surface area contributed by atoms with Crippen molar-refractivity contribution in [1.82, 2.24) is 4.98 Å². The van der Waals surface area contributed by atoms with Gasteiger partial charge in [0.15, 0.2) is 0 Å². The number of rotatable bonds is 5. The van der Waals surface area contributed by atoms with Crippen LogP contribution in [-0.2, 0) is 6.42 Å². The van der Waals surface area contributed by atoms with Crippen LogP contribution in [0.5, 0.6) is 0 Å². The van der Waals surface area contributed by atoms with E-state index in [2.05, 4.69) is 25.1 Å². The number of fused-ring (bicyclic) bond motifs is 4. The van der Waals surface area contributed by atoms with Crippen molar-refractivity contribution in [3.63, 3.8) is 0 Å². The molecule has 3 aliphatic rings. The molecular weight excluding hydrogens is 347 g/mol. The molecule has 4 heterocycles. The van der Waals surface area contributed by atoms with Crippen molar-refractivity contribution < 1.29 is 9.50 Å². The molecule has 1 aromatic carbocycles. The first-order chi connectivity index (χ1) is 11.9. The van der Waals surface area contributed by atoms with Crippen molar-refractivity contribution in [3.8, 4) is 0 Å². The first-order valence-corrected chi connectivity index (χ1v) is 10.3. The number of aliphatic hydroxyl groups is 1. The zero-order valence-corrected chi connectivity index (χ0v) is 16.3. The van der Waals surface area contributed by atoms with Crippen LogP contribution in [0.25, 0.3) is 10.2 Å². The molecule has 5 rings (SSSR count). The van der Waals surface area contributed by atoms with Gasteiger partial charge in [0, 0.05) is 25.4 Å². The SMILES string of the molecule is [B-][N+]12CCC(CC1)C(O)(CCC(=S)Cc1nc3c(C)cccc3s1)C2. The van der Waals surface area contributed by atoms with E-state index >= 15 is 0 Å². The third kappa shape index (κ3) is 3.42. The summed E-state index contributed by atoms with van der Waals surface area (Å²) in [5.41, 5.74) is 1.67. The monoisotopic (exact) mass is 371 g/mol. The quantitative estimate of drug-likeness (QED) is 0.646. The number of thiocarbonyl (C=S) groups is 1. The maximum Gasteiger partial charge on any atom is 0.113 e. The Morgan fingerprint density at radius 3 is 2.88 bits per heavy atom. The lowest BCUT2D eigenvalue weighted by atomic mass is 9.69. The molecule has 2 aromatic rings. The number of aryl methyl sites for hydroxylation is 1. The molecular formula is C19H24BN2OS2. The smallest absolute Gasteiger partial charge is 0.113 e. The predicted octanol–water partition coefficient (Wildman–Crippen LogP) is 3.35. The Balaban J connectivity index is 1.40. The molecule has 25 heavy (non-hydrogen) atoms. The van der Waals surface area contributed by atoms with Gasteiger partial charge in [0.1, 0.15) is 5.60 Å². The van der Waals surface area contributed by atoms with E-state index < -0.39 is 5.60 Å². The first-order valence-electron chi connectivity index (χ1n) is 9.11. The number of benzene rings is 1. The molecule has 0 amide bonds. The van der Waals surface area contributed by atoms with Gasteiger partial charge in [-0.1, -0.05) is 24.4 Å². The van der Waals surface area contributed by atoms with Gasteiger partial charge in [-0.15, -0.1) is 11.3 Å². The van der Waals surface area contributed by atoms with Crippen LogP contribution in [0.1, 0.15) is 36.3 Å². The Morgan fingerprint density at radius 1 is 1.44 bits per heavy atom. The van der Waals surface area contributed by atoms with E-state index in [-0.39, 0.29) is 0 Å². The summed E-state index contributed by atoms with van der Waals surface area (Å²) < 4.78 is 1.76. The average molecular weight is 371 g/mol. The second-order valence-electron chi connectivity index (χ2n) is 7.95. The van der Waals surface area contributed by atoms with Crippen molar-refractivity contribution in [2.75, 3.05) is 19.6 Å². The lowest BCUT2D eigenvalue weighted by Gasteiger charge is -2.64. The number of piperidine rings is 3. The van der Waals surface area contributed by atoms with Crippen LogP contribution in [0, 0.1) is 12.8 Å². The lowest BCUT2D eigenvalue weighted by molar-refractivity contribution is -0.846. The first kappa shape index (κ1) is 17.6. The summed E-state index contributed by atoms with van der Waals surface area (Å²) in [6, 6.07) is 6.29. The highest BCUT2D eigenvalue weighted by molar-refractivity contribution is 7.80. The second-order valence-corrected chi connectivity index (χ2v) is 9.64. The summed E-state index contributed by atoms with van der Waals surface area (Å²) >= 11 is 7.35. The van der Waals surface area contributed by atoms with Gasteiger partial charge in [-0.25, -0.2) is 13.0 Å². The minimum absolute atomic E-state index is 0.393. The van der Waals surface area contributed by atoms with Gasteiger partial charge in [-0.3, -0.25) is 0 Å². The molecule has 1 atom stereocenters. The van der Waals surface area contributed by atoms with Crippen molar-refractivity contribution in [3.05, 3.63) is 28.8 Å². The molecule has 1 N–H and O–H groups in total. The molecule has 1 unspecified atom stereocenters. The second kappa shape index (κ2) is 6.41. The van der Waals surface area contributed by atoms with E-state index in [0.29, 0.717) is 16.9 Å². The molecule has 2 bridgehead atoms. The van der Waals surface area contributed by atoms with Gasteiger partial charge in [-0.2, -0.15) is 0 Å². The highest BCUT2D eigenvalue weighted by atomic mass is 32.1. The number of para-hydroxylation sites is 1. The van der Waals surface area contributed by atoms with Gasteiger partial charge in [0.05, 0.1) is 21.8 Å². The lowest BCUT2D eigenvalue weighted by Crippen LogP contribution is -2.68. The van der Waals surface area contributed by atoms with Gasteiger partial charge < -0.3 is 9.50 Å². The molecule has 0 spiro atoms. The fourth-order valence-corrected chi connectivity index (χ4v) is 5.97. The summed E-state index contributed by atoms with van der Waals surface area (Å²) in [6.07, 6.45) is 4.32. The third-order valence-electron chi connectivity index (χ3n) is 6.04. The largest absolute Gasteiger partial charge is 0.586 e. The molecule has 131 valence electrons. The van der Waals surface area contributed by atoms with Gasteiger partial charge in [0.2, 0.25) is 0 Å². The Bertz CT molecular complexity index is 813. The molecule has 3 nitrogen and oxygen atoms in total. The molecule has 0 aliphatic carbocycles. The van der Waals surface area contributed by atoms with E-state index in [1.54, 1.807) is 11.3 Å². The van der Waals surface area contributed by atoms with Crippen LogP contribution in [0.2, 0.25) is 0 Å². The van der Waals surface area contributed by atoms with Crippen molar-refractivity contribution in [2.24, 2.45) is 5.92 Å². The normalized spacial score (nSPS) is 31.6. The van der Waals surface area contributed by atoms with Crippen molar-refractivity contribution >= 4 is 46.6 Å². The highest BCUT2D eigenvalue weighted by Gasteiger charge is 2.47. The van der Waals surface area contributed by atoms with Crippen molar-refractivity contribution in [2.45, 2.75) is 44.6 Å². The van der Waals surface area contributed by atoms with E-state index in [1.165, 1.54) is 10.3 Å². The Kier molecular flexibility index (Phi) is 4.51. The van der Waals surface area contributed by atoms with E-state index in [0.717, 1.165) is 60.6 Å². The standard InChI is InChI=1S/C19H24BN2OS2/c1-13-3-2-4-16-18(13)21-17(25-16)11-15(24)5-8-19(23)12-22(20)9-6-14(19)7-10-22/h2-4,14,23H,5-12H2,1H3. The number of aromatic nitrogens is 1. The number of hydrogen-bond donors (Lipinski definition) is 1. The molecule has 0 saturated carbocycles. The minimum Gasteiger partial charge on any atom is -0.586 e. The number of nitrogens with zero attached hydrogens (tertiary/aromatic N) is 2. The maximum atomic E-state index is 11.1. The number of hydrogen-bond acceptors (Lipinski definition) is 4. The molecule has 3 fully saturated rings. The zero-order valence-electron chi connectivity index (χ0n) is 14.7. The summed E-state index contributed by atoms with van der Waals surface area (Å²) in [6.45, 7) is 4.78. The maximum absolute atomic E-state index is 11.1. The van der Waals surface area contributed by atoms with Crippen LogP contribution in [0.15, 0.2) is 18.2 Å². The Morgan fingerprint density at radius 2 is 2.20 bits per heavy atom. The van der Waals surface area contributed by atoms with Crippen LogP contribution in [-0.4, -0.2) is 52.6 Å². The number of thiazole rings is 1. The molecule has 6 heteroatoms. The zero-order chi connectivity index (χ0) is 17.7. The molecule has 3 aliphatic heterocycles. The van der Waals surface area contributed by atoms with Crippen molar-refractivity contribution in [1.29, 1.82) is 0 Å². The van der Waals surface area contributed by atoms with E-state index in [1.807, 2.05) is 0 Å². The van der Waals surface area contributed by atoms with Crippen LogP contribution in [0.3, 0.4) is 0 Å². The number of quaternary nitrogens is 1. The van der Waals surface area contributed by atoms with Gasteiger partial charge >= 0.3 is 0 Å². The van der Waals surface area contributed by atoms with Crippen LogP contribution < -0.4 is 0 Å². The summed E-state index contributed by atoms with van der Waals surface area (Å²) in [7, 11) is 6.40. The summed E-state index contributed by atoms with van der Waals surface area (Å²) in [4.78, 5) is 5.75. The molecule has 1 aromatic heterocycles. The van der Waals surface area contributed by atoms with Gasteiger partial charge in [0.25, 0.3) is 0 Å². The highest BCUT2D eigenvalue weighted by Crippen LogP contribution is 2.41. The van der Waals surface area contributed by atoms with Crippen LogP contribution >= 0.6 is 23.6 Å². The third-order valence-corrected chi connectivity index (χ3v) is 7.41. The Labute approximate surface area is 160 Å². The fourth-order valence-electron chi connectivity index (χ4n) is 4.56. The van der Waals surface area contributed by atoms with Gasteiger partial charge in [-0.05, 0) is 49.1 Å². The fraction of sp³-hybridized carbons (Fsp3) is 0.579. The van der Waals surface area contributed by atoms with Crippen LogP contribution in [0.4, 0.5) is 0 Å². The topological polar surface area (TPSA) is 33.1 Å². The summed E-state index contributed by atoms with van der Waals surface area (Å²) in [5, 5.41) is 12.2. The van der Waals surface area contributed by atoms with E-state index in [9.17, 15) is 5.11 Å². The predicted molar refractivity (Wildman–Crippen MR) is 108 cm³/mol. The summed E-state index contributed by atoms with van der Waals surface area (Å²) in [5.74, 6) is 0.393.